The minimum atomic E-state index is 0.0202. The molecular formula is C16H19NO3S. The van der Waals surface area contributed by atoms with E-state index >= 15 is 0 Å². The molecular weight excluding hydrogens is 286 g/mol. The van der Waals surface area contributed by atoms with E-state index < -0.39 is 0 Å². The van der Waals surface area contributed by atoms with Crippen LogP contribution in [0.5, 0.6) is 17.2 Å². The number of hydrogen-bond donors (Lipinski definition) is 1. The summed E-state index contributed by atoms with van der Waals surface area (Å²) in [5.74, 6) is 2.21. The highest BCUT2D eigenvalue weighted by Gasteiger charge is 2.22. The van der Waals surface area contributed by atoms with E-state index in [4.69, 9.17) is 14.2 Å². The van der Waals surface area contributed by atoms with Crippen LogP contribution in [0.1, 0.15) is 22.3 Å². The second-order valence-electron chi connectivity index (χ2n) is 4.94. The fourth-order valence-corrected chi connectivity index (χ4v) is 3.25. The molecule has 4 nitrogen and oxygen atoms in total. The summed E-state index contributed by atoms with van der Waals surface area (Å²) in [5, 5.41) is 3.18. The predicted molar refractivity (Wildman–Crippen MR) is 83.5 cm³/mol. The summed E-state index contributed by atoms with van der Waals surface area (Å²) in [4.78, 5) is 2.53. The number of rotatable bonds is 6. The van der Waals surface area contributed by atoms with Crippen molar-refractivity contribution in [2.24, 2.45) is 0 Å². The number of benzene rings is 1. The van der Waals surface area contributed by atoms with E-state index in [1.807, 2.05) is 25.2 Å². The Morgan fingerprint density at radius 2 is 2.19 bits per heavy atom. The summed E-state index contributed by atoms with van der Waals surface area (Å²) in [7, 11) is 1.95. The van der Waals surface area contributed by atoms with Gasteiger partial charge in [0.1, 0.15) is 6.10 Å². The van der Waals surface area contributed by atoms with Crippen LogP contribution in [-0.4, -0.2) is 20.4 Å². The molecule has 1 aliphatic rings. The van der Waals surface area contributed by atoms with Crippen LogP contribution in [0.2, 0.25) is 0 Å². The fourth-order valence-electron chi connectivity index (χ4n) is 2.31. The molecule has 1 aromatic heterocycles. The molecule has 1 N–H and O–H groups in total. The topological polar surface area (TPSA) is 39.7 Å². The average molecular weight is 305 g/mol. The Morgan fingerprint density at radius 3 is 2.95 bits per heavy atom. The Bertz CT molecular complexity index is 611. The molecule has 0 amide bonds. The quantitative estimate of drug-likeness (QED) is 0.886. The number of hydrogen-bond acceptors (Lipinski definition) is 5. The Kier molecular flexibility index (Phi) is 4.31. The molecule has 0 aliphatic carbocycles. The van der Waals surface area contributed by atoms with Crippen LogP contribution in [0.4, 0.5) is 0 Å². The number of para-hydroxylation sites is 1. The van der Waals surface area contributed by atoms with E-state index in [0.717, 1.165) is 24.5 Å². The maximum Gasteiger partial charge on any atom is 0.231 e. The van der Waals surface area contributed by atoms with Crippen molar-refractivity contribution in [2.45, 2.75) is 19.4 Å². The molecule has 1 unspecified atom stereocenters. The van der Waals surface area contributed by atoms with Crippen LogP contribution >= 0.6 is 11.3 Å². The lowest BCUT2D eigenvalue weighted by Crippen LogP contribution is -2.15. The number of aryl methyl sites for hydroxylation is 1. The van der Waals surface area contributed by atoms with E-state index in [2.05, 4.69) is 24.4 Å². The van der Waals surface area contributed by atoms with Gasteiger partial charge in [0, 0.05) is 16.2 Å². The van der Waals surface area contributed by atoms with Gasteiger partial charge in [-0.25, -0.2) is 0 Å². The lowest BCUT2D eigenvalue weighted by molar-refractivity contribution is 0.159. The third-order valence-corrected chi connectivity index (χ3v) is 4.46. The molecule has 112 valence electrons. The normalized spacial score (nSPS) is 14.2. The van der Waals surface area contributed by atoms with Gasteiger partial charge >= 0.3 is 0 Å². The lowest BCUT2D eigenvalue weighted by atomic mass is 10.2. The van der Waals surface area contributed by atoms with Crippen molar-refractivity contribution in [2.75, 3.05) is 20.4 Å². The monoisotopic (exact) mass is 305 g/mol. The molecule has 5 heteroatoms. The maximum absolute atomic E-state index is 6.22. The fraction of sp³-hybridized carbons (Fsp3) is 0.375. The minimum Gasteiger partial charge on any atom is -0.481 e. The summed E-state index contributed by atoms with van der Waals surface area (Å²) in [6.07, 6.45) is 0.924. The van der Waals surface area contributed by atoms with Gasteiger partial charge in [0.05, 0.1) is 0 Å². The molecule has 1 aliphatic heterocycles. The van der Waals surface area contributed by atoms with Crippen molar-refractivity contribution >= 4 is 11.3 Å². The molecule has 21 heavy (non-hydrogen) atoms. The Labute approximate surface area is 128 Å². The Hall–Kier alpha value is -1.72. The van der Waals surface area contributed by atoms with Crippen molar-refractivity contribution in [3.05, 3.63) is 40.1 Å². The van der Waals surface area contributed by atoms with Crippen molar-refractivity contribution in [3.63, 3.8) is 0 Å². The first kappa shape index (κ1) is 14.2. The van der Waals surface area contributed by atoms with E-state index in [0.29, 0.717) is 5.75 Å². The van der Waals surface area contributed by atoms with Gasteiger partial charge in [-0.15, -0.1) is 11.3 Å². The third kappa shape index (κ3) is 3.14. The van der Waals surface area contributed by atoms with Crippen LogP contribution < -0.4 is 19.5 Å². The maximum atomic E-state index is 6.22. The minimum absolute atomic E-state index is 0.0202. The third-order valence-electron chi connectivity index (χ3n) is 3.36. The summed E-state index contributed by atoms with van der Waals surface area (Å²) in [6.45, 7) is 3.27. The van der Waals surface area contributed by atoms with Crippen LogP contribution in [0.25, 0.3) is 0 Å². The van der Waals surface area contributed by atoms with Gasteiger partial charge in [-0.1, -0.05) is 6.07 Å². The first-order chi connectivity index (χ1) is 10.3. The van der Waals surface area contributed by atoms with Gasteiger partial charge in [0.2, 0.25) is 12.5 Å². The van der Waals surface area contributed by atoms with E-state index in [1.54, 1.807) is 11.3 Å². The highest BCUT2D eigenvalue weighted by Crippen LogP contribution is 2.43. The number of ether oxygens (including phenoxy) is 3. The smallest absolute Gasteiger partial charge is 0.231 e. The van der Waals surface area contributed by atoms with Gasteiger partial charge in [-0.05, 0) is 44.8 Å². The average Bonchev–Trinajstić information content (AvgIpc) is 3.12. The highest BCUT2D eigenvalue weighted by molar-refractivity contribution is 7.12. The lowest BCUT2D eigenvalue weighted by Gasteiger charge is -2.19. The molecule has 3 rings (SSSR count). The summed E-state index contributed by atoms with van der Waals surface area (Å²) < 4.78 is 17.1. The standard InChI is InChI=1S/C16H19NO3S/c1-11-6-7-15(21-11)12(8-9-17-2)20-14-5-3-4-13-16(14)19-10-18-13/h3-7,12,17H,8-10H2,1-2H3. The molecule has 0 saturated carbocycles. The zero-order valence-electron chi connectivity index (χ0n) is 12.2. The molecule has 0 fully saturated rings. The molecule has 0 bridgehead atoms. The second-order valence-corrected chi connectivity index (χ2v) is 6.26. The van der Waals surface area contributed by atoms with Crippen LogP contribution in [0, 0.1) is 6.92 Å². The number of nitrogens with one attached hydrogen (secondary N) is 1. The zero-order chi connectivity index (χ0) is 14.7. The van der Waals surface area contributed by atoms with Gasteiger partial charge in [-0.2, -0.15) is 0 Å². The largest absolute Gasteiger partial charge is 0.481 e. The van der Waals surface area contributed by atoms with E-state index in [9.17, 15) is 0 Å². The zero-order valence-corrected chi connectivity index (χ0v) is 13.0. The predicted octanol–water partition coefficient (Wildman–Crippen LogP) is 3.51. The molecule has 1 aromatic carbocycles. The molecule has 2 aromatic rings. The van der Waals surface area contributed by atoms with Crippen molar-refractivity contribution in [1.29, 1.82) is 0 Å². The van der Waals surface area contributed by atoms with Crippen LogP contribution in [-0.2, 0) is 0 Å². The highest BCUT2D eigenvalue weighted by atomic mass is 32.1. The second kappa shape index (κ2) is 6.37. The first-order valence-electron chi connectivity index (χ1n) is 7.04. The first-order valence-corrected chi connectivity index (χ1v) is 7.86. The summed E-state index contributed by atoms with van der Waals surface area (Å²) in [6, 6.07) is 10.0. The Morgan fingerprint density at radius 1 is 1.29 bits per heavy atom. The van der Waals surface area contributed by atoms with Gasteiger partial charge in [-0.3, -0.25) is 0 Å². The van der Waals surface area contributed by atoms with Crippen molar-refractivity contribution in [1.82, 2.24) is 5.32 Å². The molecule has 0 saturated heterocycles. The Balaban J connectivity index is 1.83. The number of thiophene rings is 1. The SMILES string of the molecule is CNCCC(Oc1cccc2c1OCO2)c1ccc(C)s1. The molecule has 0 radical (unpaired) electrons. The van der Waals surface area contributed by atoms with E-state index in [-0.39, 0.29) is 12.9 Å². The summed E-state index contributed by atoms with van der Waals surface area (Å²) >= 11 is 1.77. The van der Waals surface area contributed by atoms with Gasteiger partial charge < -0.3 is 19.5 Å². The van der Waals surface area contributed by atoms with Crippen molar-refractivity contribution < 1.29 is 14.2 Å². The van der Waals surface area contributed by atoms with E-state index in [1.165, 1.54) is 9.75 Å². The van der Waals surface area contributed by atoms with Crippen molar-refractivity contribution in [3.8, 4) is 17.2 Å². The van der Waals surface area contributed by atoms with Crippen LogP contribution in [0.3, 0.4) is 0 Å². The van der Waals surface area contributed by atoms with Gasteiger partial charge in [0.15, 0.2) is 11.5 Å². The molecule has 0 spiro atoms. The molecule has 2 heterocycles. The molecule has 1 atom stereocenters. The summed E-state index contributed by atoms with van der Waals surface area (Å²) in [5.41, 5.74) is 0. The number of fused-ring (bicyclic) bond motifs is 1. The van der Waals surface area contributed by atoms with Crippen LogP contribution in [0.15, 0.2) is 30.3 Å². The van der Waals surface area contributed by atoms with Gasteiger partial charge in [0.25, 0.3) is 0 Å².